The molecule has 0 unspecified atom stereocenters. The van der Waals surface area contributed by atoms with Crippen LogP contribution < -0.4 is 4.74 Å². The fourth-order valence-corrected chi connectivity index (χ4v) is 1.75. The molecule has 20 heavy (non-hydrogen) atoms. The number of rotatable bonds is 4. The van der Waals surface area contributed by atoms with Crippen molar-refractivity contribution < 1.29 is 18.7 Å². The fraction of sp³-hybridized carbons (Fsp3) is 0.125. The van der Waals surface area contributed by atoms with Gasteiger partial charge in [0.25, 0.3) is 0 Å². The fourth-order valence-electron chi connectivity index (χ4n) is 1.75. The van der Waals surface area contributed by atoms with Gasteiger partial charge in [-0.15, -0.1) is 0 Å². The molecule has 3 nitrogen and oxygen atoms in total. The van der Waals surface area contributed by atoms with Crippen molar-refractivity contribution in [3.8, 4) is 5.75 Å². The lowest BCUT2D eigenvalue weighted by Gasteiger charge is -2.09. The van der Waals surface area contributed by atoms with E-state index in [0.717, 1.165) is 6.07 Å². The third-order valence-corrected chi connectivity index (χ3v) is 2.79. The number of benzene rings is 2. The average Bonchev–Trinajstić information content (AvgIpc) is 2.49. The van der Waals surface area contributed by atoms with Crippen molar-refractivity contribution in [2.75, 3.05) is 0 Å². The highest BCUT2D eigenvalue weighted by Gasteiger charge is 2.19. The van der Waals surface area contributed by atoms with Gasteiger partial charge in [0.05, 0.1) is 11.1 Å². The van der Waals surface area contributed by atoms with Crippen LogP contribution in [0.4, 0.5) is 4.39 Å². The average molecular weight is 272 g/mol. The number of ether oxygens (including phenoxy) is 1. The number of hydrogen-bond donors (Lipinski definition) is 0. The maximum absolute atomic E-state index is 13.8. The molecule has 2 rings (SSSR count). The lowest BCUT2D eigenvalue weighted by atomic mass is 10.1. The molecular weight excluding hydrogens is 259 g/mol. The van der Waals surface area contributed by atoms with Gasteiger partial charge in [0.2, 0.25) is 0 Å². The monoisotopic (exact) mass is 272 g/mol. The Morgan fingerprint density at radius 2 is 1.75 bits per heavy atom. The summed E-state index contributed by atoms with van der Waals surface area (Å²) in [6.07, 6.45) is 0.208. The van der Waals surface area contributed by atoms with E-state index >= 15 is 0 Å². The van der Waals surface area contributed by atoms with Crippen molar-refractivity contribution in [3.63, 3.8) is 0 Å². The first-order valence-electron chi connectivity index (χ1n) is 6.22. The molecule has 0 saturated heterocycles. The van der Waals surface area contributed by atoms with E-state index in [1.165, 1.54) is 12.1 Å². The summed E-state index contributed by atoms with van der Waals surface area (Å²) >= 11 is 0. The van der Waals surface area contributed by atoms with Gasteiger partial charge in [-0.05, 0) is 24.3 Å². The second-order valence-electron chi connectivity index (χ2n) is 4.15. The Kier molecular flexibility index (Phi) is 4.25. The van der Waals surface area contributed by atoms with Crippen LogP contribution in [0.25, 0.3) is 0 Å². The van der Waals surface area contributed by atoms with Gasteiger partial charge in [-0.3, -0.25) is 4.79 Å². The Bertz CT molecular complexity index is 635. The predicted molar refractivity (Wildman–Crippen MR) is 72.4 cm³/mol. The zero-order valence-corrected chi connectivity index (χ0v) is 10.9. The van der Waals surface area contributed by atoms with E-state index in [1.807, 2.05) is 0 Å². The van der Waals surface area contributed by atoms with Gasteiger partial charge in [-0.1, -0.05) is 31.2 Å². The number of hydrogen-bond acceptors (Lipinski definition) is 3. The summed E-state index contributed by atoms with van der Waals surface area (Å²) in [5.74, 6) is -2.01. The molecule has 0 radical (unpaired) electrons. The van der Waals surface area contributed by atoms with Crippen LogP contribution in [0.1, 0.15) is 34.1 Å². The van der Waals surface area contributed by atoms with E-state index in [2.05, 4.69) is 0 Å². The van der Waals surface area contributed by atoms with Crippen molar-refractivity contribution in [2.45, 2.75) is 13.3 Å². The van der Waals surface area contributed by atoms with E-state index in [-0.39, 0.29) is 23.5 Å². The summed E-state index contributed by atoms with van der Waals surface area (Å²) in [6, 6.07) is 12.2. The molecule has 0 bridgehead atoms. The molecule has 2 aromatic carbocycles. The molecule has 0 atom stereocenters. The molecule has 102 valence electrons. The van der Waals surface area contributed by atoms with Crippen LogP contribution in [0.3, 0.4) is 0 Å². The van der Waals surface area contributed by atoms with Crippen molar-refractivity contribution in [1.29, 1.82) is 0 Å². The first-order chi connectivity index (χ1) is 9.63. The van der Waals surface area contributed by atoms with E-state index in [1.54, 1.807) is 37.3 Å². The van der Waals surface area contributed by atoms with Gasteiger partial charge in [0, 0.05) is 6.42 Å². The van der Waals surface area contributed by atoms with E-state index < -0.39 is 11.8 Å². The number of halogens is 1. The van der Waals surface area contributed by atoms with Crippen LogP contribution in [-0.4, -0.2) is 11.8 Å². The zero-order chi connectivity index (χ0) is 14.5. The van der Waals surface area contributed by atoms with E-state index in [4.69, 9.17) is 4.74 Å². The van der Waals surface area contributed by atoms with Crippen molar-refractivity contribution in [3.05, 3.63) is 65.5 Å². The highest BCUT2D eigenvalue weighted by Crippen LogP contribution is 2.25. The Morgan fingerprint density at radius 3 is 2.40 bits per heavy atom. The van der Waals surface area contributed by atoms with Crippen LogP contribution in [0.2, 0.25) is 0 Å². The number of carbonyl (C=O) groups is 2. The molecule has 0 N–H and O–H groups in total. The Hall–Kier alpha value is -2.49. The summed E-state index contributed by atoms with van der Waals surface area (Å²) in [4.78, 5) is 23.7. The van der Waals surface area contributed by atoms with Gasteiger partial charge in [-0.25, -0.2) is 9.18 Å². The molecular formula is C16H13FO3. The summed E-state index contributed by atoms with van der Waals surface area (Å²) < 4.78 is 18.8. The van der Waals surface area contributed by atoms with Crippen molar-refractivity contribution in [2.24, 2.45) is 0 Å². The van der Waals surface area contributed by atoms with Gasteiger partial charge in [-0.2, -0.15) is 0 Å². The molecule has 0 spiro atoms. The molecule has 4 heteroatoms. The number of ketones is 1. The first-order valence-corrected chi connectivity index (χ1v) is 6.22. The summed E-state index contributed by atoms with van der Waals surface area (Å²) in [5, 5.41) is 0. The highest BCUT2D eigenvalue weighted by molar-refractivity contribution is 6.00. The SMILES string of the molecule is CCC(=O)c1cccc(F)c1OC(=O)c1ccccc1. The summed E-state index contributed by atoms with van der Waals surface area (Å²) in [5.41, 5.74) is 0.377. The molecule has 0 saturated carbocycles. The normalized spacial score (nSPS) is 10.1. The van der Waals surface area contributed by atoms with E-state index in [0.29, 0.717) is 5.56 Å². The number of para-hydroxylation sites is 1. The van der Waals surface area contributed by atoms with Gasteiger partial charge < -0.3 is 4.74 Å². The Morgan fingerprint density at radius 1 is 1.05 bits per heavy atom. The third kappa shape index (κ3) is 2.91. The topological polar surface area (TPSA) is 43.4 Å². The van der Waals surface area contributed by atoms with Gasteiger partial charge in [0.15, 0.2) is 17.3 Å². The number of carbonyl (C=O) groups excluding carboxylic acids is 2. The van der Waals surface area contributed by atoms with Gasteiger partial charge >= 0.3 is 5.97 Å². The summed E-state index contributed by atoms with van der Waals surface area (Å²) in [6.45, 7) is 1.66. The third-order valence-electron chi connectivity index (χ3n) is 2.79. The Labute approximate surface area is 116 Å². The quantitative estimate of drug-likeness (QED) is 0.485. The molecule has 0 aliphatic heterocycles. The molecule has 2 aromatic rings. The lowest BCUT2D eigenvalue weighted by Crippen LogP contribution is -2.12. The zero-order valence-electron chi connectivity index (χ0n) is 10.9. The predicted octanol–water partition coefficient (Wildman–Crippen LogP) is 3.64. The second-order valence-corrected chi connectivity index (χ2v) is 4.15. The molecule has 0 fully saturated rings. The van der Waals surface area contributed by atoms with Crippen molar-refractivity contribution in [1.82, 2.24) is 0 Å². The standard InChI is InChI=1S/C16H13FO3/c1-2-14(18)12-9-6-10-13(17)15(12)20-16(19)11-7-4-3-5-8-11/h3-10H,2H2,1H3. The van der Waals surface area contributed by atoms with Crippen LogP contribution in [0.15, 0.2) is 48.5 Å². The van der Waals surface area contributed by atoms with Crippen molar-refractivity contribution >= 4 is 11.8 Å². The largest absolute Gasteiger partial charge is 0.419 e. The minimum atomic E-state index is -0.728. The minimum absolute atomic E-state index is 0.0804. The molecule has 0 amide bonds. The lowest BCUT2D eigenvalue weighted by molar-refractivity contribution is 0.0725. The first kappa shape index (κ1) is 13.9. The maximum Gasteiger partial charge on any atom is 0.343 e. The number of Topliss-reactive ketones (excluding diaryl/α,β-unsaturated/α-hetero) is 1. The molecule has 0 aliphatic rings. The minimum Gasteiger partial charge on any atom is -0.419 e. The molecule has 0 aliphatic carbocycles. The van der Waals surface area contributed by atoms with Crippen LogP contribution in [0.5, 0.6) is 5.75 Å². The molecule has 0 aromatic heterocycles. The number of esters is 1. The van der Waals surface area contributed by atoms with Crippen LogP contribution in [-0.2, 0) is 0 Å². The van der Waals surface area contributed by atoms with Crippen LogP contribution in [0, 0.1) is 5.82 Å². The Balaban J connectivity index is 2.34. The van der Waals surface area contributed by atoms with Gasteiger partial charge in [0.1, 0.15) is 0 Å². The second kappa shape index (κ2) is 6.10. The van der Waals surface area contributed by atoms with E-state index in [9.17, 15) is 14.0 Å². The summed E-state index contributed by atoms with van der Waals surface area (Å²) in [7, 11) is 0. The molecule has 0 heterocycles. The van der Waals surface area contributed by atoms with Crippen LogP contribution >= 0.6 is 0 Å². The maximum atomic E-state index is 13.8. The smallest absolute Gasteiger partial charge is 0.343 e. The highest BCUT2D eigenvalue weighted by atomic mass is 19.1.